The van der Waals surface area contributed by atoms with Crippen molar-refractivity contribution in [3.8, 4) is 11.1 Å². The van der Waals surface area contributed by atoms with E-state index in [-0.39, 0.29) is 0 Å². The molecule has 0 unspecified atom stereocenters. The van der Waals surface area contributed by atoms with Crippen molar-refractivity contribution >= 4 is 54.1 Å². The summed E-state index contributed by atoms with van der Waals surface area (Å²) in [4.78, 5) is 0. The van der Waals surface area contributed by atoms with Crippen LogP contribution in [0.25, 0.3) is 65.3 Å². The molecule has 0 bridgehead atoms. The number of hydrogen-bond donors (Lipinski definition) is 0. The molecule has 0 saturated carbocycles. The zero-order chi connectivity index (χ0) is 26.4. The Morgan fingerprint density at radius 1 is 0.575 bits per heavy atom. The van der Waals surface area contributed by atoms with Crippen molar-refractivity contribution in [1.82, 2.24) is 4.57 Å². The smallest absolute Gasteiger partial charge is 0.0574 e. The average Bonchev–Trinajstić information content (AvgIpc) is 3.54. The lowest BCUT2D eigenvalue weighted by Gasteiger charge is -2.15. The Morgan fingerprint density at radius 3 is 2.15 bits per heavy atom. The van der Waals surface area contributed by atoms with Gasteiger partial charge in [-0.2, -0.15) is 0 Å². The first-order valence-electron chi connectivity index (χ1n) is 14.2. The van der Waals surface area contributed by atoms with Crippen LogP contribution in [0, 0.1) is 6.92 Å². The molecule has 188 valence electrons. The molecule has 1 heterocycles. The van der Waals surface area contributed by atoms with Crippen LogP contribution >= 0.6 is 0 Å². The lowest BCUT2D eigenvalue weighted by molar-refractivity contribution is 0.868. The first-order valence-corrected chi connectivity index (χ1v) is 14.2. The maximum absolute atomic E-state index is 2.65. The molecule has 0 spiro atoms. The molecule has 1 aliphatic rings. The van der Waals surface area contributed by atoms with Gasteiger partial charge in [-0.3, -0.25) is 0 Å². The highest BCUT2D eigenvalue weighted by Crippen LogP contribution is 2.49. The SMILES string of the molecule is Cc1cc(Cn2c3c4c(c5ccccc5c3c3ccc5ccccc5c32)-c2ccccc2C4)cc2ccccc12. The van der Waals surface area contributed by atoms with Crippen molar-refractivity contribution in [1.29, 1.82) is 0 Å². The van der Waals surface area contributed by atoms with Crippen molar-refractivity contribution in [2.24, 2.45) is 0 Å². The Kier molecular flexibility index (Phi) is 4.43. The molecule has 0 aliphatic heterocycles. The van der Waals surface area contributed by atoms with Gasteiger partial charge in [-0.15, -0.1) is 0 Å². The third kappa shape index (κ3) is 2.92. The number of aromatic nitrogens is 1. The fraction of sp³-hybridized carbons (Fsp3) is 0.0769. The molecular weight excluding hydrogens is 482 g/mol. The average molecular weight is 510 g/mol. The van der Waals surface area contributed by atoms with Crippen LogP contribution in [0.1, 0.15) is 22.3 Å². The van der Waals surface area contributed by atoms with Crippen LogP contribution in [-0.2, 0) is 13.0 Å². The van der Waals surface area contributed by atoms with E-state index in [1.54, 1.807) is 0 Å². The van der Waals surface area contributed by atoms with Crippen LogP contribution in [0.3, 0.4) is 0 Å². The molecule has 40 heavy (non-hydrogen) atoms. The first-order chi connectivity index (χ1) is 19.8. The van der Waals surface area contributed by atoms with Gasteiger partial charge in [0.1, 0.15) is 0 Å². The van der Waals surface area contributed by atoms with Gasteiger partial charge in [-0.25, -0.2) is 0 Å². The van der Waals surface area contributed by atoms with Crippen LogP contribution in [0.15, 0.2) is 121 Å². The molecule has 1 aromatic heterocycles. The highest BCUT2D eigenvalue weighted by atomic mass is 15.0. The molecule has 8 aromatic rings. The highest BCUT2D eigenvalue weighted by Gasteiger charge is 2.28. The molecule has 7 aromatic carbocycles. The molecular formula is C39H27N. The predicted octanol–water partition coefficient (Wildman–Crippen LogP) is 10.2. The van der Waals surface area contributed by atoms with E-state index >= 15 is 0 Å². The van der Waals surface area contributed by atoms with Crippen LogP contribution in [-0.4, -0.2) is 4.57 Å². The molecule has 0 atom stereocenters. The Bertz CT molecular complexity index is 2330. The van der Waals surface area contributed by atoms with Crippen LogP contribution in [0.4, 0.5) is 0 Å². The fourth-order valence-corrected chi connectivity index (χ4v) is 7.51. The second-order valence-electron chi connectivity index (χ2n) is 11.4. The molecule has 1 nitrogen and oxygen atoms in total. The van der Waals surface area contributed by atoms with E-state index < -0.39 is 0 Å². The van der Waals surface area contributed by atoms with E-state index in [1.165, 1.54) is 87.5 Å². The van der Waals surface area contributed by atoms with Gasteiger partial charge in [0.15, 0.2) is 0 Å². The second-order valence-corrected chi connectivity index (χ2v) is 11.4. The fourth-order valence-electron chi connectivity index (χ4n) is 7.51. The van der Waals surface area contributed by atoms with Gasteiger partial charge < -0.3 is 4.57 Å². The molecule has 0 N–H and O–H groups in total. The Morgan fingerprint density at radius 2 is 1.27 bits per heavy atom. The van der Waals surface area contributed by atoms with Crippen molar-refractivity contribution < 1.29 is 0 Å². The standard InChI is InChI=1S/C39H27N/c1-24-20-25(21-27-11-3-5-13-29(24)27)23-40-38-31-15-7-2-10-26(31)18-19-34(38)37-33-17-9-8-16-32(33)36-30-14-6-4-12-28(30)22-35(36)39(37)40/h2-21H,22-23H2,1H3. The zero-order valence-electron chi connectivity index (χ0n) is 22.4. The second kappa shape index (κ2) is 8.07. The maximum Gasteiger partial charge on any atom is 0.0574 e. The number of hydrogen-bond acceptors (Lipinski definition) is 0. The van der Waals surface area contributed by atoms with E-state index in [0.29, 0.717) is 0 Å². The van der Waals surface area contributed by atoms with E-state index in [4.69, 9.17) is 0 Å². The molecule has 1 aliphatic carbocycles. The number of rotatable bonds is 2. The highest BCUT2D eigenvalue weighted by molar-refractivity contribution is 6.29. The molecule has 0 fully saturated rings. The van der Waals surface area contributed by atoms with Gasteiger partial charge >= 0.3 is 0 Å². The Hall–Kier alpha value is -4.88. The van der Waals surface area contributed by atoms with Gasteiger partial charge in [0.05, 0.1) is 11.0 Å². The molecule has 0 amide bonds. The summed E-state index contributed by atoms with van der Waals surface area (Å²) in [5.41, 5.74) is 11.1. The van der Waals surface area contributed by atoms with Crippen LogP contribution in [0.5, 0.6) is 0 Å². The first kappa shape index (κ1) is 22.0. The summed E-state index contributed by atoms with van der Waals surface area (Å²) in [6, 6.07) is 45.1. The summed E-state index contributed by atoms with van der Waals surface area (Å²) in [5.74, 6) is 0. The molecule has 0 saturated heterocycles. The van der Waals surface area contributed by atoms with Crippen molar-refractivity contribution in [3.05, 3.63) is 144 Å². The van der Waals surface area contributed by atoms with E-state index in [2.05, 4.69) is 133 Å². The predicted molar refractivity (Wildman–Crippen MR) is 170 cm³/mol. The molecule has 1 heteroatoms. The summed E-state index contributed by atoms with van der Waals surface area (Å²) >= 11 is 0. The normalized spacial score (nSPS) is 12.6. The summed E-state index contributed by atoms with van der Waals surface area (Å²) < 4.78 is 2.65. The van der Waals surface area contributed by atoms with Crippen molar-refractivity contribution in [3.63, 3.8) is 0 Å². The lowest BCUT2D eigenvalue weighted by Crippen LogP contribution is -2.03. The summed E-state index contributed by atoms with van der Waals surface area (Å²) in [7, 11) is 0. The van der Waals surface area contributed by atoms with E-state index in [1.807, 2.05) is 0 Å². The number of nitrogens with zero attached hydrogens (tertiary/aromatic N) is 1. The Balaban J connectivity index is 1.47. The van der Waals surface area contributed by atoms with Gasteiger partial charge in [0, 0.05) is 29.1 Å². The third-order valence-corrected chi connectivity index (χ3v) is 9.12. The number of aryl methyl sites for hydroxylation is 1. The van der Waals surface area contributed by atoms with E-state index in [9.17, 15) is 0 Å². The Labute approximate surface area is 232 Å². The van der Waals surface area contributed by atoms with Gasteiger partial charge in [0.25, 0.3) is 0 Å². The minimum atomic E-state index is 0.834. The van der Waals surface area contributed by atoms with Crippen LogP contribution < -0.4 is 0 Å². The van der Waals surface area contributed by atoms with E-state index in [0.717, 1.165) is 13.0 Å². The summed E-state index contributed by atoms with van der Waals surface area (Å²) in [6.45, 7) is 3.08. The van der Waals surface area contributed by atoms with Crippen LogP contribution in [0.2, 0.25) is 0 Å². The molecule has 0 radical (unpaired) electrons. The maximum atomic E-state index is 2.65. The topological polar surface area (TPSA) is 4.93 Å². The zero-order valence-corrected chi connectivity index (χ0v) is 22.4. The largest absolute Gasteiger partial charge is 0.335 e. The van der Waals surface area contributed by atoms with Gasteiger partial charge in [0.2, 0.25) is 0 Å². The van der Waals surface area contributed by atoms with Gasteiger partial charge in [-0.05, 0) is 73.3 Å². The summed E-state index contributed by atoms with van der Waals surface area (Å²) in [5, 5.41) is 10.7. The van der Waals surface area contributed by atoms with Crippen molar-refractivity contribution in [2.75, 3.05) is 0 Å². The van der Waals surface area contributed by atoms with Crippen molar-refractivity contribution in [2.45, 2.75) is 19.9 Å². The number of benzene rings is 7. The molecule has 9 rings (SSSR count). The quantitative estimate of drug-likeness (QED) is 0.218. The summed E-state index contributed by atoms with van der Waals surface area (Å²) in [6.07, 6.45) is 0.970. The third-order valence-electron chi connectivity index (χ3n) is 9.12. The lowest BCUT2D eigenvalue weighted by atomic mass is 9.93. The minimum absolute atomic E-state index is 0.834. The van der Waals surface area contributed by atoms with Gasteiger partial charge in [-0.1, -0.05) is 115 Å². The monoisotopic (exact) mass is 509 g/mol. The number of fused-ring (bicyclic) bond motifs is 13. The minimum Gasteiger partial charge on any atom is -0.335 e.